The number of methoxy groups -OCH3 is 1. The van der Waals surface area contributed by atoms with Gasteiger partial charge in [0.2, 0.25) is 0 Å². The Hall–Kier alpha value is -0.160. The highest BCUT2D eigenvalue weighted by atomic mass is 16.5. The summed E-state index contributed by atoms with van der Waals surface area (Å²) < 4.78 is 10.8. The van der Waals surface area contributed by atoms with E-state index < -0.39 is 0 Å². The Balaban J connectivity index is 2.05. The molecule has 1 rings (SSSR count). The van der Waals surface area contributed by atoms with Gasteiger partial charge in [-0.25, -0.2) is 0 Å². The van der Waals surface area contributed by atoms with E-state index in [1.54, 1.807) is 7.11 Å². The van der Waals surface area contributed by atoms with E-state index in [0.29, 0.717) is 18.8 Å². The lowest BCUT2D eigenvalue weighted by atomic mass is 10.2. The van der Waals surface area contributed by atoms with Gasteiger partial charge >= 0.3 is 0 Å². The van der Waals surface area contributed by atoms with Crippen LogP contribution in [0.1, 0.15) is 33.1 Å². The van der Waals surface area contributed by atoms with Crippen molar-refractivity contribution >= 4 is 0 Å². The summed E-state index contributed by atoms with van der Waals surface area (Å²) in [6, 6.07) is 0.991. The molecule has 17 heavy (non-hydrogen) atoms. The van der Waals surface area contributed by atoms with Crippen molar-refractivity contribution in [1.29, 1.82) is 0 Å². The van der Waals surface area contributed by atoms with Gasteiger partial charge in [-0.3, -0.25) is 10.2 Å². The molecule has 1 fully saturated rings. The number of rotatable bonds is 9. The molecule has 1 N–H and O–H groups in total. The zero-order chi connectivity index (χ0) is 12.5. The molecule has 0 aromatic carbocycles. The summed E-state index contributed by atoms with van der Waals surface area (Å²) in [5.41, 5.74) is 0. The molecular formula is C13H28N2O2. The molecule has 0 amide bonds. The van der Waals surface area contributed by atoms with Gasteiger partial charge in [-0.05, 0) is 39.3 Å². The minimum Gasteiger partial charge on any atom is -0.383 e. The molecule has 102 valence electrons. The van der Waals surface area contributed by atoms with Crippen LogP contribution in [0.5, 0.6) is 0 Å². The molecular weight excluding hydrogens is 216 g/mol. The number of likely N-dealkylation sites (tertiary alicyclic amines) is 1. The average Bonchev–Trinajstić information content (AvgIpc) is 2.73. The van der Waals surface area contributed by atoms with Crippen molar-refractivity contribution < 1.29 is 9.47 Å². The molecule has 0 saturated carbocycles. The minimum absolute atomic E-state index is 0.357. The molecule has 4 heteroatoms. The third kappa shape index (κ3) is 5.82. The lowest BCUT2D eigenvalue weighted by Crippen LogP contribution is -2.37. The third-order valence-electron chi connectivity index (χ3n) is 3.27. The first-order chi connectivity index (χ1) is 8.27. The van der Waals surface area contributed by atoms with E-state index in [4.69, 9.17) is 9.47 Å². The Bertz CT molecular complexity index is 190. The summed E-state index contributed by atoms with van der Waals surface area (Å²) in [5, 5.41) is 3.29. The first kappa shape index (κ1) is 14.9. The Kier molecular flexibility index (Phi) is 7.77. The van der Waals surface area contributed by atoms with Crippen LogP contribution in [-0.4, -0.2) is 57.1 Å². The fourth-order valence-electron chi connectivity index (χ4n) is 2.37. The van der Waals surface area contributed by atoms with Crippen molar-refractivity contribution in [2.75, 3.05) is 40.1 Å². The average molecular weight is 244 g/mol. The summed E-state index contributed by atoms with van der Waals surface area (Å²) in [7, 11) is 1.72. The van der Waals surface area contributed by atoms with Crippen molar-refractivity contribution in [3.8, 4) is 0 Å². The van der Waals surface area contributed by atoms with E-state index >= 15 is 0 Å². The number of hydrogen-bond acceptors (Lipinski definition) is 4. The predicted octanol–water partition coefficient (Wildman–Crippen LogP) is 1.46. The van der Waals surface area contributed by atoms with Crippen molar-refractivity contribution in [2.45, 2.75) is 45.2 Å². The van der Waals surface area contributed by atoms with Crippen LogP contribution in [0.3, 0.4) is 0 Å². The van der Waals surface area contributed by atoms with E-state index in [9.17, 15) is 0 Å². The molecule has 1 aliphatic heterocycles. The van der Waals surface area contributed by atoms with Gasteiger partial charge in [0.05, 0.1) is 19.9 Å². The highest BCUT2D eigenvalue weighted by Crippen LogP contribution is 2.17. The van der Waals surface area contributed by atoms with Gasteiger partial charge < -0.3 is 9.47 Å². The van der Waals surface area contributed by atoms with Crippen LogP contribution in [0, 0.1) is 0 Å². The number of hydrogen-bond donors (Lipinski definition) is 1. The molecule has 0 bridgehead atoms. The van der Waals surface area contributed by atoms with Crippen LogP contribution in [0.4, 0.5) is 0 Å². The molecule has 2 atom stereocenters. The molecule has 4 nitrogen and oxygen atoms in total. The van der Waals surface area contributed by atoms with Crippen LogP contribution >= 0.6 is 0 Å². The van der Waals surface area contributed by atoms with Crippen LogP contribution in [-0.2, 0) is 9.47 Å². The number of nitrogens with zero attached hydrogens (tertiary/aromatic N) is 1. The SMILES string of the molecule is CCCN1CCCC1COCNC(C)COC. The molecule has 1 aliphatic rings. The molecule has 0 spiro atoms. The van der Waals surface area contributed by atoms with E-state index in [-0.39, 0.29) is 0 Å². The summed E-state index contributed by atoms with van der Waals surface area (Å²) >= 11 is 0. The second-order valence-corrected chi connectivity index (χ2v) is 4.91. The van der Waals surface area contributed by atoms with Gasteiger partial charge in [0.15, 0.2) is 0 Å². The normalized spacial score (nSPS) is 23.1. The van der Waals surface area contributed by atoms with E-state index in [1.807, 2.05) is 0 Å². The van der Waals surface area contributed by atoms with E-state index in [2.05, 4.69) is 24.1 Å². The minimum atomic E-state index is 0.357. The summed E-state index contributed by atoms with van der Waals surface area (Å²) in [6.45, 7) is 9.01. The topological polar surface area (TPSA) is 33.7 Å². The molecule has 2 unspecified atom stereocenters. The molecule has 0 radical (unpaired) electrons. The van der Waals surface area contributed by atoms with Crippen LogP contribution in [0.15, 0.2) is 0 Å². The van der Waals surface area contributed by atoms with Gasteiger partial charge in [-0.2, -0.15) is 0 Å². The van der Waals surface area contributed by atoms with E-state index in [0.717, 1.165) is 13.2 Å². The Morgan fingerprint density at radius 1 is 1.47 bits per heavy atom. The van der Waals surface area contributed by atoms with Gasteiger partial charge in [-0.15, -0.1) is 0 Å². The van der Waals surface area contributed by atoms with Crippen LogP contribution < -0.4 is 5.32 Å². The smallest absolute Gasteiger partial charge is 0.0968 e. The molecule has 1 saturated heterocycles. The fraction of sp³-hybridized carbons (Fsp3) is 1.00. The summed E-state index contributed by atoms with van der Waals surface area (Å²) in [5.74, 6) is 0. The second-order valence-electron chi connectivity index (χ2n) is 4.91. The largest absolute Gasteiger partial charge is 0.383 e. The number of ether oxygens (including phenoxy) is 2. The Morgan fingerprint density at radius 2 is 2.29 bits per heavy atom. The molecule has 1 heterocycles. The second kappa shape index (κ2) is 8.86. The summed E-state index contributed by atoms with van der Waals surface area (Å²) in [6.07, 6.45) is 3.84. The highest BCUT2D eigenvalue weighted by molar-refractivity contribution is 4.78. The third-order valence-corrected chi connectivity index (χ3v) is 3.27. The van der Waals surface area contributed by atoms with Crippen molar-refractivity contribution in [3.63, 3.8) is 0 Å². The molecule has 0 aromatic rings. The molecule has 0 aliphatic carbocycles. The Labute approximate surface area is 106 Å². The van der Waals surface area contributed by atoms with Crippen molar-refractivity contribution in [1.82, 2.24) is 10.2 Å². The molecule has 0 aromatic heterocycles. The van der Waals surface area contributed by atoms with Gasteiger partial charge in [-0.1, -0.05) is 6.92 Å². The first-order valence-corrected chi connectivity index (χ1v) is 6.82. The van der Waals surface area contributed by atoms with Crippen LogP contribution in [0.2, 0.25) is 0 Å². The highest BCUT2D eigenvalue weighted by Gasteiger charge is 2.23. The van der Waals surface area contributed by atoms with Crippen molar-refractivity contribution in [3.05, 3.63) is 0 Å². The fourth-order valence-corrected chi connectivity index (χ4v) is 2.37. The lowest BCUT2D eigenvalue weighted by Gasteiger charge is -2.24. The standard InChI is InChI=1S/C13H28N2O2/c1-4-7-15-8-5-6-13(15)10-17-11-14-12(2)9-16-3/h12-14H,4-11H2,1-3H3. The maximum absolute atomic E-state index is 5.70. The van der Waals surface area contributed by atoms with Gasteiger partial charge in [0, 0.05) is 19.2 Å². The van der Waals surface area contributed by atoms with Crippen molar-refractivity contribution in [2.24, 2.45) is 0 Å². The first-order valence-electron chi connectivity index (χ1n) is 6.82. The van der Waals surface area contributed by atoms with Gasteiger partial charge in [0.25, 0.3) is 0 Å². The number of nitrogens with one attached hydrogen (secondary N) is 1. The van der Waals surface area contributed by atoms with Crippen LogP contribution in [0.25, 0.3) is 0 Å². The monoisotopic (exact) mass is 244 g/mol. The lowest BCUT2D eigenvalue weighted by molar-refractivity contribution is 0.0544. The summed E-state index contributed by atoms with van der Waals surface area (Å²) in [4.78, 5) is 2.55. The quantitative estimate of drug-likeness (QED) is 0.492. The maximum atomic E-state index is 5.70. The maximum Gasteiger partial charge on any atom is 0.0968 e. The Morgan fingerprint density at radius 3 is 3.00 bits per heavy atom. The zero-order valence-corrected chi connectivity index (χ0v) is 11.6. The van der Waals surface area contributed by atoms with E-state index in [1.165, 1.54) is 32.4 Å². The van der Waals surface area contributed by atoms with Gasteiger partial charge in [0.1, 0.15) is 0 Å². The zero-order valence-electron chi connectivity index (χ0n) is 11.6. The predicted molar refractivity (Wildman–Crippen MR) is 70.2 cm³/mol.